The van der Waals surface area contributed by atoms with E-state index in [1.807, 2.05) is 64.1 Å². The standard InChI is InChI=1S/2C24H23F6.C2H6Si.2ClH.Zr/c2*1-4-5-6-15-9-16-7-8-20(14(2)3)22(21(16)10-15)17-11-18(23(25,26)27)13-19(12-17)24(28,29)30;1-3-2;;;/h2*7-14H,4-6H2,1-3H3;1-2H3;2*1H;/q2*-1;;;;+4/p-2. The van der Waals surface area contributed by atoms with Gasteiger partial charge < -0.3 is 0 Å². The molecule has 0 fully saturated rings. The second kappa shape index (κ2) is 24.5. The van der Waals surface area contributed by atoms with E-state index in [1.54, 1.807) is 12.1 Å². The van der Waals surface area contributed by atoms with Gasteiger partial charge in [0, 0.05) is 9.52 Å². The Bertz CT molecular complexity index is 2240. The first kappa shape index (κ1) is 57.3. The number of unbranched alkanes of at least 4 members (excludes halogenated alkanes) is 2. The summed E-state index contributed by atoms with van der Waals surface area (Å²) in [6.07, 6.45) is -14.0. The predicted molar refractivity (Wildman–Crippen MR) is 245 cm³/mol. The molecule has 0 aliphatic heterocycles. The predicted octanol–water partition coefficient (Wildman–Crippen LogP) is 19.6. The van der Waals surface area contributed by atoms with E-state index < -0.39 is 67.8 Å². The van der Waals surface area contributed by atoms with Crippen LogP contribution in [0.2, 0.25) is 13.1 Å². The quantitative estimate of drug-likeness (QED) is 0.0729. The zero-order valence-corrected chi connectivity index (χ0v) is 42.7. The van der Waals surface area contributed by atoms with Gasteiger partial charge in [-0.05, 0) is 72.2 Å². The molecule has 358 valence electrons. The molecule has 0 unspecified atom stereocenters. The normalized spacial score (nSPS) is 12.1. The Hall–Kier alpha value is -3.06. The minimum absolute atomic E-state index is 0.0564. The average molecular weight is 1070 g/mol. The number of hydrogen-bond acceptors (Lipinski definition) is 0. The monoisotopic (exact) mass is 1070 g/mol. The van der Waals surface area contributed by atoms with Crippen molar-refractivity contribution in [2.24, 2.45) is 0 Å². The number of fused-ring (bicyclic) bond motifs is 2. The summed E-state index contributed by atoms with van der Waals surface area (Å²) >= 11 is -0.826. The summed E-state index contributed by atoms with van der Waals surface area (Å²) in [5, 5.41) is 3.04. The van der Waals surface area contributed by atoms with E-state index in [4.69, 9.17) is 17.0 Å². The van der Waals surface area contributed by atoms with Gasteiger partial charge >= 0.3 is 62.6 Å². The molecule has 0 aliphatic rings. The van der Waals surface area contributed by atoms with Gasteiger partial charge in [-0.3, -0.25) is 0 Å². The third-order valence-electron chi connectivity index (χ3n) is 10.6. The Kier molecular flexibility index (Phi) is 21.2. The van der Waals surface area contributed by atoms with Gasteiger partial charge in [-0.15, -0.1) is 69.1 Å². The molecule has 0 amide bonds. The number of alkyl halides is 12. The fraction of sp³-hybridized carbons (Fsp3) is 0.400. The average Bonchev–Trinajstić information content (AvgIpc) is 3.84. The Morgan fingerprint density at radius 1 is 0.500 bits per heavy atom. The van der Waals surface area contributed by atoms with Crippen molar-refractivity contribution in [1.29, 1.82) is 0 Å². The Morgan fingerprint density at radius 2 is 0.773 bits per heavy atom. The second-order valence-corrected chi connectivity index (χ2v) is 21.2. The van der Waals surface area contributed by atoms with Crippen molar-refractivity contribution in [3.8, 4) is 22.3 Å². The zero-order valence-electron chi connectivity index (χ0n) is 37.8. The molecule has 0 spiro atoms. The van der Waals surface area contributed by atoms with Gasteiger partial charge in [0.1, 0.15) is 0 Å². The SMILES string of the molecule is CCCCc1cc2c(-c3cc(C(F)(F)F)cc(C(F)(F)F)c3)c(C(C)C)ccc2[cH-]1.CCCCc1cc2c(-c3cc(C(F)(F)F)cc(C(F)(F)F)c3)c(C(C)C)ccc2[cH-]1.C[Si]C.[Cl][Zr+2][Cl]. The minimum atomic E-state index is -4.87. The van der Waals surface area contributed by atoms with E-state index in [-0.39, 0.29) is 35.1 Å². The molecular formula is C50H52Cl2F12SiZr. The first-order valence-corrected chi connectivity index (χ1v) is 29.6. The fourth-order valence-corrected chi connectivity index (χ4v) is 7.58. The topological polar surface area (TPSA) is 0 Å². The van der Waals surface area contributed by atoms with Gasteiger partial charge in [0.25, 0.3) is 0 Å². The summed E-state index contributed by atoms with van der Waals surface area (Å²) in [6.45, 7) is 15.9. The van der Waals surface area contributed by atoms with Crippen molar-refractivity contribution in [2.75, 3.05) is 0 Å². The molecule has 0 bridgehead atoms. The Morgan fingerprint density at radius 3 is 1.00 bits per heavy atom. The van der Waals surface area contributed by atoms with Crippen LogP contribution in [0.3, 0.4) is 0 Å². The first-order valence-electron chi connectivity index (χ1n) is 21.2. The van der Waals surface area contributed by atoms with Crippen LogP contribution in [-0.4, -0.2) is 9.52 Å². The fourth-order valence-electron chi connectivity index (χ4n) is 7.58. The van der Waals surface area contributed by atoms with Crippen molar-refractivity contribution in [2.45, 2.75) is 130 Å². The molecule has 0 saturated heterocycles. The molecule has 6 aromatic carbocycles. The van der Waals surface area contributed by atoms with Crippen molar-refractivity contribution < 1.29 is 73.5 Å². The van der Waals surface area contributed by atoms with Gasteiger partial charge in [0.2, 0.25) is 0 Å². The van der Waals surface area contributed by atoms with Gasteiger partial charge in [-0.25, -0.2) is 0 Å². The van der Waals surface area contributed by atoms with Gasteiger partial charge in [-0.1, -0.05) is 103 Å². The van der Waals surface area contributed by atoms with Gasteiger partial charge in [0.15, 0.2) is 0 Å². The van der Waals surface area contributed by atoms with Crippen LogP contribution in [0.15, 0.2) is 84.9 Å². The second-order valence-electron chi connectivity index (χ2n) is 16.5. The summed E-state index contributed by atoms with van der Waals surface area (Å²) in [5.74, 6) is -0.135. The van der Waals surface area contributed by atoms with E-state index in [9.17, 15) is 52.7 Å². The summed E-state index contributed by atoms with van der Waals surface area (Å²) in [7, 11) is 11.0. The molecule has 0 heterocycles. The maximum atomic E-state index is 13.4. The van der Waals surface area contributed by atoms with Crippen LogP contribution in [0, 0.1) is 0 Å². The molecule has 6 rings (SSSR count). The summed E-state index contributed by atoms with van der Waals surface area (Å²) in [6, 6.07) is 18.8. The molecule has 0 N–H and O–H groups in total. The third-order valence-corrected chi connectivity index (χ3v) is 10.6. The molecule has 2 radical (unpaired) electrons. The number of hydrogen-bond donors (Lipinski definition) is 0. The van der Waals surface area contributed by atoms with Crippen LogP contribution in [0.5, 0.6) is 0 Å². The van der Waals surface area contributed by atoms with Crippen LogP contribution >= 0.6 is 17.0 Å². The number of halogens is 14. The van der Waals surface area contributed by atoms with Gasteiger partial charge in [0.05, 0.1) is 22.3 Å². The van der Waals surface area contributed by atoms with Crippen LogP contribution in [0.4, 0.5) is 52.7 Å². The Labute approximate surface area is 400 Å². The van der Waals surface area contributed by atoms with Crippen LogP contribution < -0.4 is 0 Å². The summed E-state index contributed by atoms with van der Waals surface area (Å²) in [5.41, 5.74) is -0.872. The number of aryl methyl sites for hydroxylation is 2. The van der Waals surface area contributed by atoms with E-state index >= 15 is 0 Å². The molecule has 0 aliphatic carbocycles. The first-order chi connectivity index (χ1) is 30.7. The van der Waals surface area contributed by atoms with E-state index in [0.717, 1.165) is 105 Å². The summed E-state index contributed by atoms with van der Waals surface area (Å²) < 4.78 is 161. The molecule has 16 heteroatoms. The molecule has 6 aromatic rings. The van der Waals surface area contributed by atoms with Crippen LogP contribution in [0.25, 0.3) is 43.8 Å². The van der Waals surface area contributed by atoms with Crippen molar-refractivity contribution in [3.05, 3.63) is 129 Å². The van der Waals surface area contributed by atoms with E-state index in [2.05, 4.69) is 26.9 Å². The molecule has 0 nitrogen and oxygen atoms in total. The van der Waals surface area contributed by atoms with Crippen molar-refractivity contribution >= 4 is 48.1 Å². The van der Waals surface area contributed by atoms with E-state index in [0.29, 0.717) is 21.9 Å². The van der Waals surface area contributed by atoms with Crippen molar-refractivity contribution in [1.82, 2.24) is 0 Å². The Balaban J connectivity index is 0.000000313. The molecule has 0 saturated carbocycles. The van der Waals surface area contributed by atoms with Crippen LogP contribution in [0.1, 0.15) is 124 Å². The van der Waals surface area contributed by atoms with Crippen LogP contribution in [-0.2, 0) is 58.4 Å². The number of rotatable bonds is 10. The zero-order chi connectivity index (χ0) is 49.9. The molecule has 0 aromatic heterocycles. The van der Waals surface area contributed by atoms with Gasteiger partial charge in [-0.2, -0.15) is 64.8 Å². The van der Waals surface area contributed by atoms with E-state index in [1.165, 1.54) is 0 Å². The summed E-state index contributed by atoms with van der Waals surface area (Å²) in [4.78, 5) is 0. The third kappa shape index (κ3) is 15.5. The van der Waals surface area contributed by atoms with Crippen molar-refractivity contribution in [3.63, 3.8) is 0 Å². The number of benzene rings is 4. The molecule has 66 heavy (non-hydrogen) atoms. The molecule has 0 atom stereocenters. The maximum absolute atomic E-state index is 13.4. The molecular weight excluding hydrogens is 1020 g/mol.